The monoisotopic (exact) mass is 405 g/mol. The summed E-state index contributed by atoms with van der Waals surface area (Å²) in [5.74, 6) is 0.132. The first-order valence-electron chi connectivity index (χ1n) is 9.23. The van der Waals surface area contributed by atoms with Crippen molar-refractivity contribution in [1.82, 2.24) is 15.2 Å². The molecule has 1 aromatic carbocycles. The predicted octanol–water partition coefficient (Wildman–Crippen LogP) is 3.24. The van der Waals surface area contributed by atoms with Gasteiger partial charge in [0.15, 0.2) is 0 Å². The van der Waals surface area contributed by atoms with Gasteiger partial charge in [0.1, 0.15) is 0 Å². The summed E-state index contributed by atoms with van der Waals surface area (Å²) in [5, 5.41) is 6.71. The minimum absolute atomic E-state index is 0.0217. The van der Waals surface area contributed by atoms with Crippen molar-refractivity contribution in [3.05, 3.63) is 50.9 Å². The average molecular weight is 406 g/mol. The topological polar surface area (TPSA) is 62.3 Å². The van der Waals surface area contributed by atoms with Gasteiger partial charge in [-0.2, -0.15) is 0 Å². The van der Waals surface area contributed by atoms with Crippen LogP contribution in [0.2, 0.25) is 5.02 Å². The fourth-order valence-corrected chi connectivity index (χ4v) is 4.14. The first-order valence-corrected chi connectivity index (χ1v) is 10.5. The molecule has 1 N–H and O–H groups in total. The molecule has 2 amide bonds. The maximum absolute atomic E-state index is 12.5. The zero-order valence-electron chi connectivity index (χ0n) is 15.4. The number of aryl methyl sites for hydroxylation is 1. The van der Waals surface area contributed by atoms with Crippen LogP contribution in [-0.4, -0.2) is 41.3 Å². The number of rotatable bonds is 6. The maximum atomic E-state index is 12.5. The Morgan fingerprint density at radius 1 is 1.30 bits per heavy atom. The number of hydrogen-bond donors (Lipinski definition) is 1. The lowest BCUT2D eigenvalue weighted by atomic mass is 9.95. The van der Waals surface area contributed by atoms with Crippen molar-refractivity contribution >= 4 is 34.8 Å². The molecule has 2 aromatic rings. The molecule has 1 aliphatic heterocycles. The number of benzene rings is 1. The van der Waals surface area contributed by atoms with E-state index in [1.54, 1.807) is 17.4 Å². The van der Waals surface area contributed by atoms with Gasteiger partial charge in [-0.3, -0.25) is 9.59 Å². The highest BCUT2D eigenvalue weighted by Gasteiger charge is 2.27. The Morgan fingerprint density at radius 3 is 2.70 bits per heavy atom. The standard InChI is InChI=1S/C20H24ClN3O2S/c1-14-23-17(13-27-14)6-9-22-20(26)15-7-10-24(11-8-15)19(25)12-16-4-2-3-5-18(16)21/h2-5,13,15H,6-12H2,1H3,(H,22,26). The summed E-state index contributed by atoms with van der Waals surface area (Å²) in [7, 11) is 0. The second-order valence-electron chi connectivity index (χ2n) is 6.82. The van der Waals surface area contributed by atoms with Gasteiger partial charge in [0.2, 0.25) is 11.8 Å². The molecule has 0 bridgehead atoms. The van der Waals surface area contributed by atoms with E-state index < -0.39 is 0 Å². The van der Waals surface area contributed by atoms with Crippen molar-refractivity contribution in [2.24, 2.45) is 5.92 Å². The molecule has 0 atom stereocenters. The fourth-order valence-electron chi connectivity index (χ4n) is 3.29. The molecule has 1 saturated heterocycles. The highest BCUT2D eigenvalue weighted by Crippen LogP contribution is 2.20. The summed E-state index contributed by atoms with van der Waals surface area (Å²) in [6.45, 7) is 3.82. The Balaban J connectivity index is 1.40. The maximum Gasteiger partial charge on any atom is 0.227 e. The van der Waals surface area contributed by atoms with Crippen LogP contribution in [0.1, 0.15) is 29.1 Å². The number of amides is 2. The molecule has 0 aliphatic carbocycles. The third-order valence-electron chi connectivity index (χ3n) is 4.86. The summed E-state index contributed by atoms with van der Waals surface area (Å²) < 4.78 is 0. The summed E-state index contributed by atoms with van der Waals surface area (Å²) in [6.07, 6.45) is 2.47. The van der Waals surface area contributed by atoms with E-state index in [0.29, 0.717) is 43.9 Å². The summed E-state index contributed by atoms with van der Waals surface area (Å²) in [4.78, 5) is 31.1. The molecule has 3 rings (SSSR count). The highest BCUT2D eigenvalue weighted by atomic mass is 35.5. The highest BCUT2D eigenvalue weighted by molar-refractivity contribution is 7.09. The minimum atomic E-state index is -0.0217. The van der Waals surface area contributed by atoms with E-state index in [9.17, 15) is 9.59 Å². The van der Waals surface area contributed by atoms with Crippen molar-refractivity contribution in [2.75, 3.05) is 19.6 Å². The van der Waals surface area contributed by atoms with Gasteiger partial charge < -0.3 is 10.2 Å². The van der Waals surface area contributed by atoms with Crippen molar-refractivity contribution in [2.45, 2.75) is 32.6 Å². The van der Waals surface area contributed by atoms with Gasteiger partial charge in [-0.05, 0) is 31.4 Å². The van der Waals surface area contributed by atoms with Crippen LogP contribution in [0.25, 0.3) is 0 Å². The molecule has 144 valence electrons. The molecule has 0 saturated carbocycles. The van der Waals surface area contributed by atoms with E-state index in [1.807, 2.05) is 35.4 Å². The van der Waals surface area contributed by atoms with Gasteiger partial charge in [-0.25, -0.2) is 4.98 Å². The fraction of sp³-hybridized carbons (Fsp3) is 0.450. The number of carbonyl (C=O) groups is 2. The average Bonchev–Trinajstić information content (AvgIpc) is 3.08. The largest absolute Gasteiger partial charge is 0.355 e. The Kier molecular flexibility index (Phi) is 6.85. The number of halogens is 1. The number of hydrogen-bond acceptors (Lipinski definition) is 4. The van der Waals surface area contributed by atoms with Gasteiger partial charge in [0.25, 0.3) is 0 Å². The lowest BCUT2D eigenvalue weighted by molar-refractivity contribution is -0.135. The molecule has 0 spiro atoms. The third kappa shape index (κ3) is 5.53. The van der Waals surface area contributed by atoms with Gasteiger partial charge in [-0.1, -0.05) is 29.8 Å². The van der Waals surface area contributed by atoms with E-state index in [-0.39, 0.29) is 17.7 Å². The molecule has 7 heteroatoms. The quantitative estimate of drug-likeness (QED) is 0.802. The van der Waals surface area contributed by atoms with Crippen LogP contribution in [0.4, 0.5) is 0 Å². The van der Waals surface area contributed by atoms with Crippen LogP contribution in [0.3, 0.4) is 0 Å². The molecule has 27 heavy (non-hydrogen) atoms. The van der Waals surface area contributed by atoms with Gasteiger partial charge in [0.05, 0.1) is 17.1 Å². The number of nitrogens with one attached hydrogen (secondary N) is 1. The lowest BCUT2D eigenvalue weighted by Gasteiger charge is -2.31. The molecular weight excluding hydrogens is 382 g/mol. The molecule has 0 unspecified atom stereocenters. The molecule has 1 fully saturated rings. The molecule has 1 aliphatic rings. The van der Waals surface area contributed by atoms with Crippen molar-refractivity contribution in [3.8, 4) is 0 Å². The van der Waals surface area contributed by atoms with Crippen molar-refractivity contribution in [1.29, 1.82) is 0 Å². The summed E-state index contributed by atoms with van der Waals surface area (Å²) >= 11 is 7.76. The molecule has 2 heterocycles. The Hall–Kier alpha value is -1.92. The van der Waals surface area contributed by atoms with Crippen LogP contribution in [0.5, 0.6) is 0 Å². The molecule has 5 nitrogen and oxygen atoms in total. The van der Waals surface area contributed by atoms with Crippen LogP contribution in [0, 0.1) is 12.8 Å². The van der Waals surface area contributed by atoms with E-state index in [0.717, 1.165) is 22.7 Å². The normalized spacial score (nSPS) is 15.0. The second kappa shape index (κ2) is 9.33. The molecule has 0 radical (unpaired) electrons. The van der Waals surface area contributed by atoms with Crippen LogP contribution >= 0.6 is 22.9 Å². The minimum Gasteiger partial charge on any atom is -0.355 e. The van der Waals surface area contributed by atoms with Crippen molar-refractivity contribution < 1.29 is 9.59 Å². The van der Waals surface area contributed by atoms with Gasteiger partial charge in [0, 0.05) is 42.4 Å². The van der Waals surface area contributed by atoms with Gasteiger partial charge >= 0.3 is 0 Å². The van der Waals surface area contributed by atoms with Crippen molar-refractivity contribution in [3.63, 3.8) is 0 Å². The number of nitrogens with zero attached hydrogens (tertiary/aromatic N) is 2. The van der Waals surface area contributed by atoms with Crippen LogP contribution in [0.15, 0.2) is 29.6 Å². The lowest BCUT2D eigenvalue weighted by Crippen LogP contribution is -2.43. The summed E-state index contributed by atoms with van der Waals surface area (Å²) in [5.41, 5.74) is 1.87. The predicted molar refractivity (Wildman–Crippen MR) is 108 cm³/mol. The van der Waals surface area contributed by atoms with E-state index >= 15 is 0 Å². The van der Waals surface area contributed by atoms with Crippen LogP contribution < -0.4 is 5.32 Å². The summed E-state index contributed by atoms with van der Waals surface area (Å²) in [6, 6.07) is 7.42. The second-order valence-corrected chi connectivity index (χ2v) is 8.29. The van der Waals surface area contributed by atoms with E-state index in [4.69, 9.17) is 11.6 Å². The number of aromatic nitrogens is 1. The first-order chi connectivity index (χ1) is 13.0. The van der Waals surface area contributed by atoms with Crippen LogP contribution in [-0.2, 0) is 22.4 Å². The number of piperidine rings is 1. The van der Waals surface area contributed by atoms with Gasteiger partial charge in [-0.15, -0.1) is 11.3 Å². The number of likely N-dealkylation sites (tertiary alicyclic amines) is 1. The zero-order chi connectivity index (χ0) is 19.2. The number of thiazole rings is 1. The smallest absolute Gasteiger partial charge is 0.227 e. The Labute approximate surface area is 168 Å². The Bertz CT molecular complexity index is 800. The van der Waals surface area contributed by atoms with E-state index in [1.165, 1.54) is 0 Å². The SMILES string of the molecule is Cc1nc(CCNC(=O)C2CCN(C(=O)Cc3ccccc3Cl)CC2)cs1. The Morgan fingerprint density at radius 2 is 2.04 bits per heavy atom. The zero-order valence-corrected chi connectivity index (χ0v) is 17.0. The number of carbonyl (C=O) groups excluding carboxylic acids is 2. The molecular formula is C20H24ClN3O2S. The molecule has 1 aromatic heterocycles. The van der Waals surface area contributed by atoms with E-state index in [2.05, 4.69) is 10.3 Å². The first kappa shape index (κ1) is 19.8. The third-order valence-corrected chi connectivity index (χ3v) is 6.06.